The Labute approximate surface area is 196 Å². The third kappa shape index (κ3) is 5.33. The molecule has 1 fully saturated rings. The largest absolute Gasteiger partial charge is 0.468 e. The van der Waals surface area contributed by atoms with Crippen LogP contribution in [0, 0.1) is 12.7 Å². The number of benzene rings is 1. The summed E-state index contributed by atoms with van der Waals surface area (Å²) in [6.07, 6.45) is 4.77. The number of aldehydes is 1. The zero-order valence-corrected chi connectivity index (χ0v) is 19.3. The van der Waals surface area contributed by atoms with Crippen LogP contribution in [-0.2, 0) is 4.79 Å². The van der Waals surface area contributed by atoms with Gasteiger partial charge in [-0.15, -0.1) is 0 Å². The predicted molar refractivity (Wildman–Crippen MR) is 131 cm³/mol. The van der Waals surface area contributed by atoms with Crippen LogP contribution in [0.25, 0.3) is 10.9 Å². The number of fused-ring (bicyclic) bond motifs is 1. The number of hydrogen-bond donors (Lipinski definition) is 3. The number of nitrogens with one attached hydrogen (secondary N) is 3. The first kappa shape index (κ1) is 23.2. The number of aryl methyl sites for hydroxylation is 1. The Balaban J connectivity index is 1.53. The van der Waals surface area contributed by atoms with Crippen molar-refractivity contribution in [2.45, 2.75) is 32.6 Å². The lowest BCUT2D eigenvalue weighted by atomic mass is 10.2. The number of aromatic amines is 2. The van der Waals surface area contributed by atoms with Crippen LogP contribution in [0.15, 0.2) is 46.1 Å². The number of rotatable bonds is 11. The maximum Gasteiger partial charge on any atom is 0.181 e. The van der Waals surface area contributed by atoms with Gasteiger partial charge in [-0.25, -0.2) is 14.4 Å². The molecule has 0 aliphatic heterocycles. The third-order valence-corrected chi connectivity index (χ3v) is 5.59. The second-order valence-electron chi connectivity index (χ2n) is 8.08. The fourth-order valence-electron chi connectivity index (χ4n) is 3.66. The monoisotopic (exact) mass is 465 g/mol. The quantitative estimate of drug-likeness (QED) is 0.224. The third-order valence-electron chi connectivity index (χ3n) is 5.59. The normalized spacial score (nSPS) is 14.3. The van der Waals surface area contributed by atoms with Crippen molar-refractivity contribution in [3.8, 4) is 5.75 Å². The Morgan fingerprint density at radius 2 is 2.24 bits per heavy atom. The Hall–Kier alpha value is -3.95. The lowest BCUT2D eigenvalue weighted by Gasteiger charge is -2.20. The first-order chi connectivity index (χ1) is 16.5. The average Bonchev–Trinajstić information content (AvgIpc) is 3.45. The van der Waals surface area contributed by atoms with E-state index in [0.717, 1.165) is 30.5 Å². The molecule has 0 spiro atoms. The van der Waals surface area contributed by atoms with Gasteiger partial charge in [0.1, 0.15) is 17.9 Å². The van der Waals surface area contributed by atoms with Gasteiger partial charge in [-0.2, -0.15) is 5.10 Å². The molecule has 1 aromatic carbocycles. The van der Waals surface area contributed by atoms with Crippen molar-refractivity contribution in [3.05, 3.63) is 53.4 Å². The van der Waals surface area contributed by atoms with Crippen molar-refractivity contribution < 1.29 is 13.9 Å². The highest BCUT2D eigenvalue weighted by Gasteiger charge is 2.25. The first-order valence-corrected chi connectivity index (χ1v) is 11.2. The molecule has 2 heterocycles. The highest BCUT2D eigenvalue weighted by molar-refractivity contribution is 5.95. The number of aromatic nitrogens is 3. The molecule has 4 rings (SSSR count). The van der Waals surface area contributed by atoms with E-state index in [1.807, 2.05) is 19.9 Å². The number of H-pyrrole nitrogens is 2. The van der Waals surface area contributed by atoms with E-state index >= 15 is 0 Å². The van der Waals surface area contributed by atoms with Crippen molar-refractivity contribution in [2.24, 2.45) is 9.98 Å². The molecule has 0 bridgehead atoms. The number of likely N-dealkylation sites (N-methyl/N-ethyl adjacent to an activating group) is 1. The number of ether oxygens (including phenoxy) is 1. The van der Waals surface area contributed by atoms with E-state index in [1.165, 1.54) is 0 Å². The van der Waals surface area contributed by atoms with Gasteiger partial charge >= 0.3 is 0 Å². The van der Waals surface area contributed by atoms with Crippen LogP contribution < -0.4 is 10.1 Å². The summed E-state index contributed by atoms with van der Waals surface area (Å²) in [7, 11) is 0. The van der Waals surface area contributed by atoms with Crippen LogP contribution in [0.5, 0.6) is 5.75 Å². The maximum atomic E-state index is 14.8. The van der Waals surface area contributed by atoms with E-state index in [4.69, 9.17) is 4.74 Å². The second kappa shape index (κ2) is 10.3. The minimum absolute atomic E-state index is 0.0985. The molecular formula is C24H28FN7O2. The topological polar surface area (TPSA) is 111 Å². The second-order valence-corrected chi connectivity index (χ2v) is 8.08. The van der Waals surface area contributed by atoms with Gasteiger partial charge in [-0.1, -0.05) is 0 Å². The van der Waals surface area contributed by atoms with Crippen molar-refractivity contribution in [3.63, 3.8) is 0 Å². The SMILES string of the molecule is C=N/C(=C\C(=N/COc1ccc2[nH]c(C)cc2c1F)N(CC)CC=O)Nc1cc(C2CC2)[nH]n1. The molecular weight excluding hydrogens is 437 g/mol. The number of aliphatic imine (C=N–C) groups is 2. The molecule has 10 heteroatoms. The van der Waals surface area contributed by atoms with Crippen LogP contribution in [0.3, 0.4) is 0 Å². The lowest BCUT2D eigenvalue weighted by Crippen LogP contribution is -2.32. The van der Waals surface area contributed by atoms with Crippen LogP contribution >= 0.6 is 0 Å². The summed E-state index contributed by atoms with van der Waals surface area (Å²) < 4.78 is 20.4. The summed E-state index contributed by atoms with van der Waals surface area (Å²) in [5.74, 6) is 1.66. The van der Waals surface area contributed by atoms with E-state index in [-0.39, 0.29) is 19.0 Å². The van der Waals surface area contributed by atoms with Gasteiger partial charge in [0.25, 0.3) is 0 Å². The smallest absolute Gasteiger partial charge is 0.181 e. The number of nitrogens with zero attached hydrogens (tertiary/aromatic N) is 4. The molecule has 1 aliphatic carbocycles. The van der Waals surface area contributed by atoms with E-state index < -0.39 is 5.82 Å². The molecule has 0 amide bonds. The molecule has 0 unspecified atom stereocenters. The predicted octanol–water partition coefficient (Wildman–Crippen LogP) is 4.13. The van der Waals surface area contributed by atoms with E-state index in [2.05, 4.69) is 37.2 Å². The molecule has 0 saturated heterocycles. The van der Waals surface area contributed by atoms with Gasteiger partial charge < -0.3 is 24.7 Å². The van der Waals surface area contributed by atoms with Gasteiger partial charge in [-0.05, 0) is 51.6 Å². The van der Waals surface area contributed by atoms with Gasteiger partial charge in [0.15, 0.2) is 24.1 Å². The minimum Gasteiger partial charge on any atom is -0.468 e. The summed E-state index contributed by atoms with van der Waals surface area (Å²) >= 11 is 0. The Morgan fingerprint density at radius 1 is 1.41 bits per heavy atom. The Kier molecular flexibility index (Phi) is 7.05. The van der Waals surface area contributed by atoms with Crippen LogP contribution in [0.1, 0.15) is 37.1 Å². The molecule has 3 aromatic rings. The molecule has 3 N–H and O–H groups in total. The van der Waals surface area contributed by atoms with E-state index in [1.54, 1.807) is 29.2 Å². The zero-order valence-electron chi connectivity index (χ0n) is 19.3. The fraction of sp³-hybridized carbons (Fsp3) is 0.333. The molecule has 9 nitrogen and oxygen atoms in total. The van der Waals surface area contributed by atoms with E-state index in [0.29, 0.717) is 40.8 Å². The van der Waals surface area contributed by atoms with Gasteiger partial charge in [-0.3, -0.25) is 5.10 Å². The first-order valence-electron chi connectivity index (χ1n) is 11.2. The summed E-state index contributed by atoms with van der Waals surface area (Å²) in [5, 5.41) is 10.9. The number of carbonyl (C=O) groups excluding carboxylic acids is 1. The minimum atomic E-state index is -0.450. The fourth-order valence-corrected chi connectivity index (χ4v) is 3.66. The molecule has 0 radical (unpaired) electrons. The molecule has 1 aliphatic rings. The molecule has 0 atom stereocenters. The molecule has 1 saturated carbocycles. The van der Waals surface area contributed by atoms with Crippen molar-refractivity contribution in [1.82, 2.24) is 20.1 Å². The summed E-state index contributed by atoms with van der Waals surface area (Å²) in [6.45, 7) is 7.90. The maximum absolute atomic E-state index is 14.8. The van der Waals surface area contributed by atoms with Crippen LogP contribution in [-0.4, -0.2) is 58.7 Å². The Morgan fingerprint density at radius 3 is 2.94 bits per heavy atom. The highest BCUT2D eigenvalue weighted by atomic mass is 19.1. The summed E-state index contributed by atoms with van der Waals surface area (Å²) in [4.78, 5) is 24.5. The van der Waals surface area contributed by atoms with Gasteiger partial charge in [0, 0.05) is 46.9 Å². The highest BCUT2D eigenvalue weighted by Crippen LogP contribution is 2.39. The van der Waals surface area contributed by atoms with E-state index in [9.17, 15) is 9.18 Å². The van der Waals surface area contributed by atoms with Crippen molar-refractivity contribution >= 4 is 35.6 Å². The lowest BCUT2D eigenvalue weighted by molar-refractivity contribution is -0.108. The number of anilines is 1. The summed E-state index contributed by atoms with van der Waals surface area (Å²) in [6, 6.07) is 7.00. The molecule has 2 aromatic heterocycles. The molecule has 34 heavy (non-hydrogen) atoms. The standard InChI is InChI=1S/C24H28FN7O2/c1-4-32(9-10-33)23(13-21(26-3)29-22-12-19(30-31-22)16-5-6-16)27-14-34-20-8-7-18-17(24(20)25)11-15(2)28-18/h7-8,10-13,16,28H,3-6,9,14H2,1-2H3,(H2,29,30,31)/b21-13+,27-23+. The summed E-state index contributed by atoms with van der Waals surface area (Å²) in [5.41, 5.74) is 2.65. The number of amidine groups is 1. The van der Waals surface area contributed by atoms with Gasteiger partial charge in [0.2, 0.25) is 0 Å². The van der Waals surface area contributed by atoms with Gasteiger partial charge in [0.05, 0.1) is 6.54 Å². The zero-order chi connectivity index (χ0) is 24.1. The Bertz CT molecular complexity index is 1240. The number of halogens is 1. The average molecular weight is 466 g/mol. The van der Waals surface area contributed by atoms with Crippen LogP contribution in [0.4, 0.5) is 10.2 Å². The number of hydrogen-bond acceptors (Lipinski definition) is 6. The number of carbonyl (C=O) groups is 1. The molecule has 178 valence electrons. The van der Waals surface area contributed by atoms with Crippen LogP contribution in [0.2, 0.25) is 0 Å². The van der Waals surface area contributed by atoms with Crippen molar-refractivity contribution in [2.75, 3.05) is 25.1 Å². The van der Waals surface area contributed by atoms with Crippen molar-refractivity contribution in [1.29, 1.82) is 0 Å².